The van der Waals surface area contributed by atoms with Gasteiger partial charge in [0.05, 0.1) is 18.5 Å². The summed E-state index contributed by atoms with van der Waals surface area (Å²) in [7, 11) is -3.16. The SMILES string of the molecule is COc1cc(C=C2OC=C(C3CC(F)C(F)C(F)C3)n3c2cccc3=O)ccc1-[n+]1cc(C)n(COP(=O)(O)O)c1. The molecule has 0 bridgehead atoms. The highest BCUT2D eigenvalue weighted by molar-refractivity contribution is 7.46. The number of hydrogen-bond donors (Lipinski definition) is 2. The molecule has 0 saturated heterocycles. The van der Waals surface area contributed by atoms with E-state index < -0.39 is 37.8 Å². The minimum Gasteiger partial charge on any atom is -0.492 e. The zero-order chi connectivity index (χ0) is 29.5. The molecular weight excluding hydrogens is 566 g/mol. The van der Waals surface area contributed by atoms with E-state index >= 15 is 0 Å². The number of halogens is 3. The Balaban J connectivity index is 1.46. The molecule has 2 atom stereocenters. The zero-order valence-electron chi connectivity index (χ0n) is 22.1. The number of benzene rings is 1. The zero-order valence-corrected chi connectivity index (χ0v) is 23.0. The molecule has 2 aliphatic rings. The second kappa shape index (κ2) is 11.3. The fourth-order valence-electron chi connectivity index (χ4n) is 5.04. The molecule has 0 amide bonds. The molecule has 1 saturated carbocycles. The first-order chi connectivity index (χ1) is 19.4. The van der Waals surface area contributed by atoms with Gasteiger partial charge in [0.2, 0.25) is 6.73 Å². The number of nitrogens with zero attached hydrogens (tertiary/aromatic N) is 3. The topological polar surface area (TPSA) is 116 Å². The number of rotatable bonds is 7. The summed E-state index contributed by atoms with van der Waals surface area (Å²) in [6.45, 7) is 1.39. The first-order valence-electron chi connectivity index (χ1n) is 12.6. The van der Waals surface area contributed by atoms with Crippen molar-refractivity contribution < 1.29 is 46.1 Å². The minimum absolute atomic E-state index is 0.264. The molecule has 0 spiro atoms. The van der Waals surface area contributed by atoms with Crippen molar-refractivity contribution in [3.05, 3.63) is 82.5 Å². The molecule has 10 nitrogen and oxygen atoms in total. The predicted molar refractivity (Wildman–Crippen MR) is 142 cm³/mol. The summed E-state index contributed by atoms with van der Waals surface area (Å²) in [6, 6.07) is 9.79. The molecule has 14 heteroatoms. The van der Waals surface area contributed by atoms with E-state index in [9.17, 15) is 22.5 Å². The first kappa shape index (κ1) is 28.9. The van der Waals surface area contributed by atoms with Gasteiger partial charge in [0, 0.05) is 18.9 Å². The minimum atomic E-state index is -4.65. The van der Waals surface area contributed by atoms with Gasteiger partial charge in [0.1, 0.15) is 30.5 Å². The maximum Gasteiger partial charge on any atom is 0.472 e. The van der Waals surface area contributed by atoms with Crippen LogP contribution >= 0.6 is 7.82 Å². The van der Waals surface area contributed by atoms with E-state index in [0.29, 0.717) is 34.1 Å². The average molecular weight is 595 g/mol. The van der Waals surface area contributed by atoms with E-state index in [1.54, 1.807) is 60.4 Å². The summed E-state index contributed by atoms with van der Waals surface area (Å²) in [4.78, 5) is 30.9. The average Bonchev–Trinajstić information content (AvgIpc) is 3.30. The number of phosphoric ester groups is 1. The first-order valence-corrected chi connectivity index (χ1v) is 14.2. The maximum atomic E-state index is 14.2. The van der Waals surface area contributed by atoms with Crippen LogP contribution in [0.25, 0.3) is 23.2 Å². The Morgan fingerprint density at radius 1 is 1.17 bits per heavy atom. The van der Waals surface area contributed by atoms with Crippen molar-refractivity contribution in [2.45, 2.75) is 45.0 Å². The standard InChI is InChI=1S/C27H27F3N3O7P/c1-16-12-31(14-32(16)15-40-41(35,36)37)21-7-6-17(8-24(21)38-2)9-25-22-4-3-5-26(34)33(22)23(13-39-25)18-10-19(28)27(30)20(29)11-18/h3-9,12-14,18-20,27H,10-11,15H2,1-2H3,(H-,35,36,37)/p+1. The van der Waals surface area contributed by atoms with Gasteiger partial charge in [-0.05, 0) is 42.7 Å². The number of aryl methyl sites for hydroxylation is 1. The highest BCUT2D eigenvalue weighted by atomic mass is 31.2. The van der Waals surface area contributed by atoms with Crippen LogP contribution in [0.5, 0.6) is 5.75 Å². The summed E-state index contributed by atoms with van der Waals surface area (Å²) in [6.07, 6.45) is -0.382. The number of phosphoric acid groups is 1. The maximum absolute atomic E-state index is 14.2. The third kappa shape index (κ3) is 6.03. The van der Waals surface area contributed by atoms with Crippen LogP contribution in [0.4, 0.5) is 13.2 Å². The van der Waals surface area contributed by atoms with Crippen molar-refractivity contribution in [3.8, 4) is 11.4 Å². The highest BCUT2D eigenvalue weighted by Crippen LogP contribution is 2.40. The van der Waals surface area contributed by atoms with Crippen LogP contribution in [0.2, 0.25) is 0 Å². The lowest BCUT2D eigenvalue weighted by molar-refractivity contribution is -0.596. The van der Waals surface area contributed by atoms with Gasteiger partial charge < -0.3 is 19.3 Å². The number of ether oxygens (including phenoxy) is 2. The van der Waals surface area contributed by atoms with Crippen molar-refractivity contribution in [2.24, 2.45) is 5.92 Å². The van der Waals surface area contributed by atoms with E-state index in [0.717, 1.165) is 0 Å². The lowest BCUT2D eigenvalue weighted by Crippen LogP contribution is -2.39. The molecule has 41 heavy (non-hydrogen) atoms. The molecule has 1 aliphatic carbocycles. The number of aromatic nitrogens is 3. The summed E-state index contributed by atoms with van der Waals surface area (Å²) in [5, 5.41) is 0. The second-order valence-electron chi connectivity index (χ2n) is 9.84. The highest BCUT2D eigenvalue weighted by Gasteiger charge is 2.41. The molecule has 218 valence electrons. The normalized spacial score (nSPS) is 23.6. The smallest absolute Gasteiger partial charge is 0.472 e. The summed E-state index contributed by atoms with van der Waals surface area (Å²) in [5.74, 6) is 0.0192. The lowest BCUT2D eigenvalue weighted by atomic mass is 9.83. The van der Waals surface area contributed by atoms with Gasteiger partial charge >= 0.3 is 7.82 Å². The van der Waals surface area contributed by atoms with Crippen LogP contribution in [0.1, 0.15) is 29.8 Å². The molecule has 5 rings (SSSR count). The van der Waals surface area contributed by atoms with Gasteiger partial charge in [0.15, 0.2) is 23.4 Å². The van der Waals surface area contributed by atoms with Crippen molar-refractivity contribution in [1.82, 2.24) is 9.13 Å². The number of pyridine rings is 1. The molecule has 1 aromatic carbocycles. The van der Waals surface area contributed by atoms with Crippen molar-refractivity contribution in [2.75, 3.05) is 7.11 Å². The fourth-order valence-corrected chi connectivity index (χ4v) is 5.32. The molecule has 2 unspecified atom stereocenters. The Hall–Kier alpha value is -3.64. The van der Waals surface area contributed by atoms with Gasteiger partial charge in [-0.1, -0.05) is 12.1 Å². The third-order valence-corrected chi connectivity index (χ3v) is 7.54. The van der Waals surface area contributed by atoms with Gasteiger partial charge in [-0.25, -0.2) is 26.8 Å². The Morgan fingerprint density at radius 2 is 1.90 bits per heavy atom. The summed E-state index contributed by atoms with van der Waals surface area (Å²) < 4.78 is 73.8. The molecule has 1 aliphatic heterocycles. The van der Waals surface area contributed by atoms with Crippen LogP contribution < -0.4 is 14.9 Å². The molecule has 3 aromatic rings. The van der Waals surface area contributed by atoms with E-state index in [1.165, 1.54) is 28.6 Å². The van der Waals surface area contributed by atoms with Crippen LogP contribution in [0, 0.1) is 12.8 Å². The van der Waals surface area contributed by atoms with Crippen LogP contribution in [-0.2, 0) is 20.6 Å². The Bertz CT molecular complexity index is 1620. The van der Waals surface area contributed by atoms with Gasteiger partial charge in [-0.15, -0.1) is 0 Å². The number of methoxy groups -OCH3 is 1. The van der Waals surface area contributed by atoms with Crippen molar-refractivity contribution >= 4 is 25.4 Å². The third-order valence-electron chi connectivity index (χ3n) is 7.09. The second-order valence-corrected chi connectivity index (χ2v) is 11.1. The van der Waals surface area contributed by atoms with E-state index in [1.807, 2.05) is 0 Å². The molecule has 0 radical (unpaired) electrons. The monoisotopic (exact) mass is 594 g/mol. The molecule has 3 heterocycles. The fraction of sp³-hybridized carbons (Fsp3) is 0.333. The predicted octanol–water partition coefficient (Wildman–Crippen LogP) is 4.06. The van der Waals surface area contributed by atoms with E-state index in [2.05, 4.69) is 4.52 Å². The number of allylic oxidation sites excluding steroid dienone is 1. The molecule has 2 aromatic heterocycles. The van der Waals surface area contributed by atoms with Crippen LogP contribution in [0.15, 0.2) is 60.0 Å². The Labute approximate surface area is 232 Å². The quantitative estimate of drug-likeness (QED) is 0.313. The van der Waals surface area contributed by atoms with Crippen LogP contribution in [-0.4, -0.2) is 44.5 Å². The van der Waals surface area contributed by atoms with Crippen molar-refractivity contribution in [3.63, 3.8) is 0 Å². The molecule has 2 N–H and O–H groups in total. The summed E-state index contributed by atoms with van der Waals surface area (Å²) in [5.41, 5.74) is 2.17. The van der Waals surface area contributed by atoms with Gasteiger partial charge in [0.25, 0.3) is 11.9 Å². The van der Waals surface area contributed by atoms with Gasteiger partial charge in [-0.2, -0.15) is 4.57 Å². The van der Waals surface area contributed by atoms with E-state index in [4.69, 9.17) is 19.3 Å². The number of alkyl halides is 3. The number of fused-ring (bicyclic) bond motifs is 1. The van der Waals surface area contributed by atoms with Crippen LogP contribution in [0.3, 0.4) is 0 Å². The molecular formula is C27H28F3N3O7P+. The van der Waals surface area contributed by atoms with E-state index in [-0.39, 0.29) is 25.3 Å². The lowest BCUT2D eigenvalue weighted by Gasteiger charge is -2.34. The molecule has 1 fully saturated rings. The number of hydrogen-bond acceptors (Lipinski definition) is 5. The van der Waals surface area contributed by atoms with Crippen molar-refractivity contribution in [1.29, 1.82) is 0 Å². The Kier molecular flexibility index (Phi) is 7.97. The Morgan fingerprint density at radius 3 is 2.59 bits per heavy atom. The number of imidazole rings is 1. The summed E-state index contributed by atoms with van der Waals surface area (Å²) >= 11 is 0. The largest absolute Gasteiger partial charge is 0.492 e. The van der Waals surface area contributed by atoms with Gasteiger partial charge in [-0.3, -0.25) is 9.36 Å².